The molecule has 0 amide bonds. The van der Waals surface area contributed by atoms with Crippen LogP contribution in [0.3, 0.4) is 0 Å². The Morgan fingerprint density at radius 1 is 1.19 bits per heavy atom. The molecule has 1 N–H and O–H groups in total. The minimum absolute atomic E-state index is 0.512. The van der Waals surface area contributed by atoms with E-state index in [0.717, 1.165) is 16.7 Å². The Bertz CT molecular complexity index is 1060. The van der Waals surface area contributed by atoms with Crippen molar-refractivity contribution in [3.8, 4) is 17.2 Å². The number of rotatable bonds is 6. The van der Waals surface area contributed by atoms with E-state index in [2.05, 4.69) is 27.8 Å². The van der Waals surface area contributed by atoms with E-state index in [9.17, 15) is 10.4 Å². The highest BCUT2D eigenvalue weighted by molar-refractivity contribution is 6.33. The molecule has 1 unspecified atom stereocenters. The molecule has 2 rings (SSSR count). The van der Waals surface area contributed by atoms with Crippen molar-refractivity contribution in [2.75, 3.05) is 0 Å². The molecule has 1 aromatic carbocycles. The van der Waals surface area contributed by atoms with Gasteiger partial charge >= 0.3 is 0 Å². The highest BCUT2D eigenvalue weighted by Gasteiger charge is 2.44. The van der Waals surface area contributed by atoms with Crippen LogP contribution in [-0.4, -0.2) is 23.1 Å². The minimum Gasteiger partial charge on any atom is -0.379 e. The molecule has 0 aliphatic rings. The van der Waals surface area contributed by atoms with Gasteiger partial charge in [0, 0.05) is 34.0 Å². The second kappa shape index (κ2) is 9.13. The molecule has 0 fully saturated rings. The maximum absolute atomic E-state index is 11.6. The fourth-order valence-corrected chi connectivity index (χ4v) is 3.72. The number of aliphatic imine (C=N–C) groups is 2. The van der Waals surface area contributed by atoms with Crippen LogP contribution in [0, 0.1) is 16.7 Å². The number of hydrogen-bond donors (Lipinski definition) is 1. The van der Waals surface area contributed by atoms with Crippen LogP contribution in [0.2, 0.25) is 5.02 Å². The highest BCUT2D eigenvalue weighted by Crippen LogP contribution is 2.44. The summed E-state index contributed by atoms with van der Waals surface area (Å²) in [5, 5.41) is 21.6. The molecule has 1 aromatic heterocycles. The van der Waals surface area contributed by atoms with Crippen LogP contribution >= 0.6 is 11.6 Å². The normalized spacial score (nSPS) is 14.9. The molecule has 0 radical (unpaired) electrons. The summed E-state index contributed by atoms with van der Waals surface area (Å²) < 4.78 is 0. The van der Waals surface area contributed by atoms with Crippen LogP contribution in [-0.2, 0) is 11.0 Å². The standard InChI is InChI=1S/C25H29ClN4O/c1-17(13-29-16-28-7)25(31,23(2,3)4)22-11-8-18(14-30-22)20-10-9-19(12-21(20)26)24(5,6)15-27/h8-14,16,31H,7H2,1-6H3/b17-13+,29-16-. The van der Waals surface area contributed by atoms with Gasteiger partial charge in [-0.2, -0.15) is 5.26 Å². The number of pyridine rings is 1. The largest absolute Gasteiger partial charge is 0.379 e. The molecule has 0 bridgehead atoms. The molecule has 31 heavy (non-hydrogen) atoms. The molecule has 1 heterocycles. The van der Waals surface area contributed by atoms with Gasteiger partial charge in [0.05, 0.1) is 17.2 Å². The van der Waals surface area contributed by atoms with Gasteiger partial charge in [0.2, 0.25) is 0 Å². The first kappa shape index (κ1) is 24.5. The summed E-state index contributed by atoms with van der Waals surface area (Å²) in [6, 6.07) is 11.6. The third-order valence-electron chi connectivity index (χ3n) is 5.49. The average Bonchev–Trinajstić information content (AvgIpc) is 2.72. The highest BCUT2D eigenvalue weighted by atomic mass is 35.5. The van der Waals surface area contributed by atoms with Gasteiger partial charge in [0.25, 0.3) is 0 Å². The predicted octanol–water partition coefficient (Wildman–Crippen LogP) is 6.07. The molecule has 1 atom stereocenters. The number of nitriles is 1. The quantitative estimate of drug-likeness (QED) is 0.440. The molecular weight excluding hydrogens is 408 g/mol. The molecule has 0 saturated heterocycles. The Kier molecular flexibility index (Phi) is 7.21. The van der Waals surface area contributed by atoms with Gasteiger partial charge in [0.1, 0.15) is 11.9 Å². The van der Waals surface area contributed by atoms with E-state index in [1.165, 1.54) is 6.34 Å². The minimum atomic E-state index is -1.34. The second-order valence-corrected chi connectivity index (χ2v) is 9.49. The van der Waals surface area contributed by atoms with Crippen LogP contribution in [0.25, 0.3) is 11.1 Å². The lowest BCUT2D eigenvalue weighted by Gasteiger charge is -2.40. The lowest BCUT2D eigenvalue weighted by molar-refractivity contribution is -0.0334. The van der Waals surface area contributed by atoms with Crippen molar-refractivity contribution in [1.82, 2.24) is 4.98 Å². The molecule has 5 nitrogen and oxygen atoms in total. The molecular formula is C25H29ClN4O. The van der Waals surface area contributed by atoms with Gasteiger partial charge in [-0.3, -0.25) is 9.98 Å². The van der Waals surface area contributed by atoms with Gasteiger partial charge in [-0.05, 0) is 50.8 Å². The number of aromatic nitrogens is 1. The summed E-state index contributed by atoms with van der Waals surface area (Å²) in [5.41, 5.74) is 1.13. The first-order chi connectivity index (χ1) is 14.4. The number of hydrogen-bond acceptors (Lipinski definition) is 4. The van der Waals surface area contributed by atoms with E-state index in [4.69, 9.17) is 11.6 Å². The van der Waals surface area contributed by atoms with Crippen molar-refractivity contribution in [2.24, 2.45) is 15.4 Å². The van der Waals surface area contributed by atoms with E-state index in [1.54, 1.807) is 18.5 Å². The summed E-state index contributed by atoms with van der Waals surface area (Å²) in [6.07, 6.45) is 4.59. The lowest BCUT2D eigenvalue weighted by atomic mass is 9.70. The van der Waals surface area contributed by atoms with Crippen LogP contribution in [0.5, 0.6) is 0 Å². The summed E-state index contributed by atoms with van der Waals surface area (Å²) in [4.78, 5) is 12.2. The van der Waals surface area contributed by atoms with Crippen molar-refractivity contribution < 1.29 is 5.11 Å². The maximum atomic E-state index is 11.6. The molecule has 6 heteroatoms. The van der Waals surface area contributed by atoms with E-state index >= 15 is 0 Å². The fraction of sp³-hybridized carbons (Fsp3) is 0.360. The van der Waals surface area contributed by atoms with Crippen molar-refractivity contribution >= 4 is 24.7 Å². The zero-order valence-electron chi connectivity index (χ0n) is 18.9. The van der Waals surface area contributed by atoms with Crippen LogP contribution in [0.4, 0.5) is 0 Å². The van der Waals surface area contributed by atoms with Gasteiger partial charge in [-0.15, -0.1) is 0 Å². The van der Waals surface area contributed by atoms with Gasteiger partial charge in [-0.25, -0.2) is 4.99 Å². The average molecular weight is 437 g/mol. The van der Waals surface area contributed by atoms with Gasteiger partial charge in [0.15, 0.2) is 0 Å². The number of benzene rings is 1. The first-order valence-electron chi connectivity index (χ1n) is 9.93. The van der Waals surface area contributed by atoms with E-state index in [0.29, 0.717) is 16.3 Å². The lowest BCUT2D eigenvalue weighted by Crippen LogP contribution is -2.42. The van der Waals surface area contributed by atoms with E-state index in [-0.39, 0.29) is 0 Å². The number of halogens is 1. The molecule has 0 aliphatic carbocycles. The fourth-order valence-electron chi connectivity index (χ4n) is 3.43. The van der Waals surface area contributed by atoms with Crippen molar-refractivity contribution in [1.29, 1.82) is 5.26 Å². The Hall–Kier alpha value is -2.81. The zero-order valence-corrected chi connectivity index (χ0v) is 19.7. The molecule has 0 aliphatic heterocycles. The van der Waals surface area contributed by atoms with Gasteiger partial charge < -0.3 is 5.11 Å². The van der Waals surface area contributed by atoms with Crippen LogP contribution in [0.15, 0.2) is 58.3 Å². The van der Waals surface area contributed by atoms with Crippen molar-refractivity contribution in [3.63, 3.8) is 0 Å². The molecule has 0 spiro atoms. The Balaban J connectivity index is 2.50. The molecule has 0 saturated carbocycles. The number of nitrogens with zero attached hydrogens (tertiary/aromatic N) is 4. The monoisotopic (exact) mass is 436 g/mol. The molecule has 162 valence electrons. The van der Waals surface area contributed by atoms with E-state index in [1.807, 2.05) is 65.8 Å². The smallest absolute Gasteiger partial charge is 0.134 e. The number of aliphatic hydroxyl groups is 1. The zero-order chi connectivity index (χ0) is 23.4. The third-order valence-corrected chi connectivity index (χ3v) is 5.80. The third kappa shape index (κ3) is 4.92. The van der Waals surface area contributed by atoms with Crippen LogP contribution < -0.4 is 0 Å². The Morgan fingerprint density at radius 2 is 1.87 bits per heavy atom. The second-order valence-electron chi connectivity index (χ2n) is 9.08. The molecule has 2 aromatic rings. The summed E-state index contributed by atoms with van der Waals surface area (Å²) in [5.74, 6) is 0. The predicted molar refractivity (Wildman–Crippen MR) is 128 cm³/mol. The van der Waals surface area contributed by atoms with Crippen LogP contribution in [0.1, 0.15) is 52.8 Å². The Labute approximate surface area is 189 Å². The summed E-state index contributed by atoms with van der Waals surface area (Å²) >= 11 is 6.53. The van der Waals surface area contributed by atoms with Crippen molar-refractivity contribution in [3.05, 3.63) is 64.6 Å². The van der Waals surface area contributed by atoms with Gasteiger partial charge in [-0.1, -0.05) is 50.6 Å². The Morgan fingerprint density at radius 3 is 2.35 bits per heavy atom. The summed E-state index contributed by atoms with van der Waals surface area (Å²) in [7, 11) is 0. The van der Waals surface area contributed by atoms with Crippen molar-refractivity contribution in [2.45, 2.75) is 52.6 Å². The maximum Gasteiger partial charge on any atom is 0.134 e. The SMILES string of the molecule is C=N/C=N\C=C(/C)C(O)(c1ccc(-c2ccc(C(C)(C)C#N)cc2Cl)cn1)C(C)(C)C. The summed E-state index contributed by atoms with van der Waals surface area (Å²) in [6.45, 7) is 14.7. The topological polar surface area (TPSA) is 81.6 Å². The van der Waals surface area contributed by atoms with E-state index < -0.39 is 16.4 Å². The first-order valence-corrected chi connectivity index (χ1v) is 10.3.